The third-order valence-electron chi connectivity index (χ3n) is 3.49. The van der Waals surface area contributed by atoms with Crippen LogP contribution in [-0.4, -0.2) is 6.17 Å². The van der Waals surface area contributed by atoms with Gasteiger partial charge in [0.2, 0.25) is 0 Å². The average Bonchev–Trinajstić information content (AvgIpc) is 3.04. The molecule has 0 aromatic heterocycles. The highest BCUT2D eigenvalue weighted by Gasteiger charge is 2.45. The maximum atomic E-state index is 5.99. The van der Waals surface area contributed by atoms with Crippen molar-refractivity contribution in [1.82, 2.24) is 5.32 Å². The molecule has 17 heavy (non-hydrogen) atoms. The highest BCUT2D eigenvalue weighted by molar-refractivity contribution is 5.86. The topological polar surface area (TPSA) is 60.0 Å². The van der Waals surface area contributed by atoms with Gasteiger partial charge in [-0.05, 0) is 23.3 Å². The number of anilines is 2. The molecule has 3 nitrogen and oxygen atoms in total. The molecular weight excluding hydrogens is 210 g/mol. The van der Waals surface area contributed by atoms with Gasteiger partial charge in [-0.1, -0.05) is 30.3 Å². The van der Waals surface area contributed by atoms with Crippen molar-refractivity contribution in [1.29, 1.82) is 0 Å². The summed E-state index contributed by atoms with van der Waals surface area (Å²) in [6.07, 6.45) is 0.411. The summed E-state index contributed by atoms with van der Waals surface area (Å²) < 4.78 is 0. The minimum atomic E-state index is 0.411. The Morgan fingerprint density at radius 2 is 1.88 bits per heavy atom. The summed E-state index contributed by atoms with van der Waals surface area (Å²) in [5.41, 5.74) is 11.8. The maximum absolute atomic E-state index is 5.99. The van der Waals surface area contributed by atoms with Crippen molar-refractivity contribution >= 4 is 11.4 Å². The number of hydrogen-bond acceptors (Lipinski definition) is 3. The first-order chi connectivity index (χ1) is 8.33. The Morgan fingerprint density at radius 3 is 2.71 bits per heavy atom. The van der Waals surface area contributed by atoms with Gasteiger partial charge in [0.05, 0.1) is 12.2 Å². The van der Waals surface area contributed by atoms with E-state index in [2.05, 4.69) is 41.0 Å². The molecule has 0 saturated carbocycles. The predicted octanol–water partition coefficient (Wildman–Crippen LogP) is 2.33. The van der Waals surface area contributed by atoms with Gasteiger partial charge >= 0.3 is 0 Å². The molecule has 2 aliphatic rings. The average molecular weight is 223 g/mol. The molecule has 0 aliphatic carbocycles. The summed E-state index contributed by atoms with van der Waals surface area (Å²) in [5.74, 6) is 0. The first kappa shape index (κ1) is 9.07. The standard InChI is InChI=1S/C14H13N3/c15-9-6-10(8-4-2-1-3-5-8)12-11(7-9)13-14(16-12)17-13/h1-7,13-14,16-17H,15H2/t13?,14-/m1/s1. The molecule has 4 N–H and O–H groups in total. The van der Waals surface area contributed by atoms with Crippen molar-refractivity contribution in [2.75, 3.05) is 11.1 Å². The minimum Gasteiger partial charge on any atom is -0.399 e. The molecule has 2 heterocycles. The number of nitrogens with one attached hydrogen (secondary N) is 2. The van der Waals surface area contributed by atoms with Gasteiger partial charge in [0.25, 0.3) is 0 Å². The Morgan fingerprint density at radius 1 is 1.06 bits per heavy atom. The third kappa shape index (κ3) is 1.26. The second-order valence-corrected chi connectivity index (χ2v) is 4.67. The van der Waals surface area contributed by atoms with Crippen LogP contribution in [0, 0.1) is 0 Å². The molecule has 0 spiro atoms. The van der Waals surface area contributed by atoms with Crippen LogP contribution in [0.2, 0.25) is 0 Å². The fourth-order valence-electron chi connectivity index (χ4n) is 2.63. The summed E-state index contributed by atoms with van der Waals surface area (Å²) in [6.45, 7) is 0. The van der Waals surface area contributed by atoms with Crippen molar-refractivity contribution in [2.24, 2.45) is 0 Å². The molecule has 0 amide bonds. The number of nitrogens with two attached hydrogens (primary N) is 1. The van der Waals surface area contributed by atoms with Gasteiger partial charge in [0, 0.05) is 16.9 Å². The Balaban J connectivity index is 1.94. The predicted molar refractivity (Wildman–Crippen MR) is 69.6 cm³/mol. The van der Waals surface area contributed by atoms with Crippen LogP contribution in [0.25, 0.3) is 11.1 Å². The highest BCUT2D eigenvalue weighted by atomic mass is 15.3. The number of fused-ring (bicyclic) bond motifs is 3. The molecular formula is C14H13N3. The van der Waals surface area contributed by atoms with Crippen molar-refractivity contribution in [3.8, 4) is 11.1 Å². The summed E-state index contributed by atoms with van der Waals surface area (Å²) in [5, 5.41) is 6.86. The molecule has 2 aromatic carbocycles. The quantitative estimate of drug-likeness (QED) is 0.513. The van der Waals surface area contributed by atoms with Gasteiger partial charge in [-0.3, -0.25) is 5.32 Å². The van der Waals surface area contributed by atoms with Gasteiger partial charge in [0.15, 0.2) is 0 Å². The largest absolute Gasteiger partial charge is 0.399 e. The van der Waals surface area contributed by atoms with Crippen molar-refractivity contribution in [3.63, 3.8) is 0 Å². The smallest absolute Gasteiger partial charge is 0.0975 e. The fourth-order valence-corrected chi connectivity index (χ4v) is 2.63. The minimum absolute atomic E-state index is 0.411. The van der Waals surface area contributed by atoms with Gasteiger partial charge in [-0.15, -0.1) is 0 Å². The van der Waals surface area contributed by atoms with Crippen molar-refractivity contribution in [2.45, 2.75) is 12.2 Å². The SMILES string of the molecule is Nc1cc(-c2ccccc2)c2c(c1)C1N[C@H]1N2. The van der Waals surface area contributed by atoms with E-state index in [0.29, 0.717) is 12.2 Å². The van der Waals surface area contributed by atoms with E-state index < -0.39 is 0 Å². The van der Waals surface area contributed by atoms with Crippen LogP contribution in [0.1, 0.15) is 11.6 Å². The molecule has 4 rings (SSSR count). The van der Waals surface area contributed by atoms with Gasteiger partial charge < -0.3 is 11.1 Å². The first-order valence-electron chi connectivity index (χ1n) is 5.84. The molecule has 2 aromatic rings. The van der Waals surface area contributed by atoms with E-state index in [-0.39, 0.29) is 0 Å². The van der Waals surface area contributed by atoms with Gasteiger partial charge in [-0.25, -0.2) is 0 Å². The molecule has 1 fully saturated rings. The lowest BCUT2D eigenvalue weighted by atomic mass is 9.99. The lowest BCUT2D eigenvalue weighted by molar-refractivity contribution is 1.08. The number of hydrogen-bond donors (Lipinski definition) is 3. The number of nitrogen functional groups attached to an aromatic ring is 1. The zero-order chi connectivity index (χ0) is 11.4. The van der Waals surface area contributed by atoms with E-state index in [9.17, 15) is 0 Å². The van der Waals surface area contributed by atoms with Crippen molar-refractivity contribution in [3.05, 3.63) is 48.0 Å². The summed E-state index contributed by atoms with van der Waals surface area (Å²) in [6, 6.07) is 14.9. The molecule has 3 heteroatoms. The van der Waals surface area contributed by atoms with Crippen LogP contribution in [0.3, 0.4) is 0 Å². The van der Waals surface area contributed by atoms with E-state index in [1.165, 1.54) is 22.4 Å². The Labute approximate surface area is 99.6 Å². The van der Waals surface area contributed by atoms with Crippen molar-refractivity contribution < 1.29 is 0 Å². The Kier molecular flexibility index (Phi) is 1.61. The molecule has 0 radical (unpaired) electrons. The molecule has 1 unspecified atom stereocenters. The van der Waals surface area contributed by atoms with Crippen LogP contribution in [0.15, 0.2) is 42.5 Å². The maximum Gasteiger partial charge on any atom is 0.0975 e. The molecule has 84 valence electrons. The second-order valence-electron chi connectivity index (χ2n) is 4.67. The van der Waals surface area contributed by atoms with E-state index in [4.69, 9.17) is 5.73 Å². The summed E-state index contributed by atoms with van der Waals surface area (Å²) in [4.78, 5) is 0. The number of rotatable bonds is 1. The highest BCUT2D eigenvalue weighted by Crippen LogP contribution is 2.47. The van der Waals surface area contributed by atoms with Crippen LogP contribution in [0.5, 0.6) is 0 Å². The lowest BCUT2D eigenvalue weighted by Crippen LogP contribution is -2.06. The molecule has 0 bridgehead atoms. The van der Waals surface area contributed by atoms with E-state index >= 15 is 0 Å². The summed E-state index contributed by atoms with van der Waals surface area (Å²) in [7, 11) is 0. The van der Waals surface area contributed by atoms with Crippen LogP contribution in [0.4, 0.5) is 11.4 Å². The number of benzene rings is 2. The molecule has 2 aliphatic heterocycles. The Hall–Kier alpha value is -2.00. The lowest BCUT2D eigenvalue weighted by Gasteiger charge is -2.13. The zero-order valence-electron chi connectivity index (χ0n) is 9.27. The third-order valence-corrected chi connectivity index (χ3v) is 3.49. The normalized spacial score (nSPS) is 23.8. The van der Waals surface area contributed by atoms with Crippen LogP contribution in [-0.2, 0) is 0 Å². The zero-order valence-corrected chi connectivity index (χ0v) is 9.27. The van der Waals surface area contributed by atoms with E-state index in [0.717, 1.165) is 5.69 Å². The Bertz CT molecular complexity index is 592. The second kappa shape index (κ2) is 3.02. The molecule has 1 saturated heterocycles. The monoisotopic (exact) mass is 223 g/mol. The van der Waals surface area contributed by atoms with E-state index in [1.807, 2.05) is 12.1 Å². The fraction of sp³-hybridized carbons (Fsp3) is 0.143. The van der Waals surface area contributed by atoms with Gasteiger partial charge in [0.1, 0.15) is 0 Å². The van der Waals surface area contributed by atoms with Gasteiger partial charge in [-0.2, -0.15) is 0 Å². The van der Waals surface area contributed by atoms with Crippen LogP contribution >= 0.6 is 0 Å². The van der Waals surface area contributed by atoms with E-state index in [1.54, 1.807) is 0 Å². The van der Waals surface area contributed by atoms with Crippen LogP contribution < -0.4 is 16.4 Å². The first-order valence-corrected chi connectivity index (χ1v) is 5.84. The molecule has 2 atom stereocenters. The summed E-state index contributed by atoms with van der Waals surface area (Å²) >= 11 is 0.